The van der Waals surface area contributed by atoms with Crippen molar-refractivity contribution in [1.82, 2.24) is 9.88 Å². The zero-order chi connectivity index (χ0) is 16.7. The van der Waals surface area contributed by atoms with E-state index in [-0.39, 0.29) is 11.9 Å². The molecular formula is C19H25N3O2. The number of hydrogen-bond donors (Lipinski definition) is 1. The Morgan fingerprint density at radius 2 is 2.04 bits per heavy atom. The highest BCUT2D eigenvalue weighted by molar-refractivity contribution is 5.85. The van der Waals surface area contributed by atoms with Crippen LogP contribution >= 0.6 is 0 Å². The van der Waals surface area contributed by atoms with Crippen LogP contribution in [0.25, 0.3) is 11.1 Å². The van der Waals surface area contributed by atoms with E-state index >= 15 is 0 Å². The van der Waals surface area contributed by atoms with Crippen LogP contribution < -0.4 is 5.32 Å². The smallest absolute Gasteiger partial charge is 0.244 e. The fourth-order valence-corrected chi connectivity index (χ4v) is 3.35. The summed E-state index contributed by atoms with van der Waals surface area (Å²) in [6.45, 7) is 5.94. The average molecular weight is 327 g/mol. The van der Waals surface area contributed by atoms with Crippen LogP contribution in [0.2, 0.25) is 0 Å². The first-order valence-electron chi connectivity index (χ1n) is 9.06. The maximum absolute atomic E-state index is 12.6. The molecule has 1 saturated heterocycles. The summed E-state index contributed by atoms with van der Waals surface area (Å²) in [6, 6.07) is 5.65. The van der Waals surface area contributed by atoms with E-state index in [9.17, 15) is 4.79 Å². The summed E-state index contributed by atoms with van der Waals surface area (Å²) in [5.41, 5.74) is 2.61. The number of aromatic nitrogens is 1. The van der Waals surface area contributed by atoms with Crippen molar-refractivity contribution in [3.05, 3.63) is 24.1 Å². The van der Waals surface area contributed by atoms with Gasteiger partial charge in [0, 0.05) is 24.7 Å². The number of anilines is 1. The maximum Gasteiger partial charge on any atom is 0.244 e. The Balaban J connectivity index is 1.43. The molecule has 2 aliphatic rings. The molecular weight excluding hydrogens is 302 g/mol. The van der Waals surface area contributed by atoms with E-state index in [1.807, 2.05) is 30.0 Å². The number of rotatable bonds is 4. The van der Waals surface area contributed by atoms with E-state index in [0.29, 0.717) is 5.92 Å². The number of piperidine rings is 1. The van der Waals surface area contributed by atoms with Crippen LogP contribution in [0.3, 0.4) is 0 Å². The van der Waals surface area contributed by atoms with Crippen molar-refractivity contribution in [3.8, 4) is 0 Å². The minimum absolute atomic E-state index is 0.181. The van der Waals surface area contributed by atoms with Crippen LogP contribution in [0, 0.1) is 5.92 Å². The SMILES string of the molecule is CC1CCN(C(=O)C(C)Nc2ccc3oc(C4CC4)nc3c2)CC1. The molecule has 1 unspecified atom stereocenters. The van der Waals surface area contributed by atoms with Gasteiger partial charge in [0.2, 0.25) is 5.91 Å². The van der Waals surface area contributed by atoms with E-state index in [2.05, 4.69) is 17.2 Å². The van der Waals surface area contributed by atoms with Gasteiger partial charge in [0.25, 0.3) is 0 Å². The van der Waals surface area contributed by atoms with E-state index in [4.69, 9.17) is 4.42 Å². The van der Waals surface area contributed by atoms with Crippen LogP contribution in [-0.2, 0) is 4.79 Å². The van der Waals surface area contributed by atoms with Crippen LogP contribution in [0.15, 0.2) is 22.6 Å². The van der Waals surface area contributed by atoms with Crippen molar-refractivity contribution in [2.45, 2.75) is 51.5 Å². The number of hydrogen-bond acceptors (Lipinski definition) is 4. The second-order valence-corrected chi connectivity index (χ2v) is 7.38. The normalized spacial score (nSPS) is 20.3. The molecule has 1 aliphatic carbocycles. The number of fused-ring (bicyclic) bond motifs is 1. The maximum atomic E-state index is 12.6. The monoisotopic (exact) mass is 327 g/mol. The standard InChI is InChI=1S/C19H25N3O2/c1-12-7-9-22(10-8-12)19(23)13(2)20-15-5-6-17-16(11-15)21-18(24-17)14-3-4-14/h5-6,11-14,20H,3-4,7-10H2,1-2H3. The molecule has 2 heterocycles. The summed E-state index contributed by atoms with van der Waals surface area (Å²) < 4.78 is 5.79. The van der Waals surface area contributed by atoms with Gasteiger partial charge in [0.15, 0.2) is 11.5 Å². The van der Waals surface area contributed by atoms with Gasteiger partial charge in [-0.1, -0.05) is 6.92 Å². The highest BCUT2D eigenvalue weighted by Gasteiger charge is 2.29. The minimum atomic E-state index is -0.231. The lowest BCUT2D eigenvalue weighted by Crippen LogP contribution is -2.45. The van der Waals surface area contributed by atoms with Gasteiger partial charge < -0.3 is 14.6 Å². The number of amides is 1. The molecule has 2 aromatic rings. The molecule has 2 fully saturated rings. The van der Waals surface area contributed by atoms with Crippen molar-refractivity contribution in [2.75, 3.05) is 18.4 Å². The largest absolute Gasteiger partial charge is 0.440 e. The number of carbonyl (C=O) groups is 1. The molecule has 1 atom stereocenters. The van der Waals surface area contributed by atoms with Crippen molar-refractivity contribution in [1.29, 1.82) is 0 Å². The van der Waals surface area contributed by atoms with Crippen molar-refractivity contribution in [2.24, 2.45) is 5.92 Å². The van der Waals surface area contributed by atoms with Gasteiger partial charge in [-0.25, -0.2) is 4.98 Å². The number of nitrogens with one attached hydrogen (secondary N) is 1. The fraction of sp³-hybridized carbons (Fsp3) is 0.579. The molecule has 1 aromatic heterocycles. The van der Waals surface area contributed by atoms with Crippen LogP contribution in [-0.4, -0.2) is 34.9 Å². The quantitative estimate of drug-likeness (QED) is 0.929. The number of nitrogens with zero attached hydrogens (tertiary/aromatic N) is 2. The van der Waals surface area contributed by atoms with E-state index < -0.39 is 0 Å². The molecule has 1 saturated carbocycles. The second-order valence-electron chi connectivity index (χ2n) is 7.38. The summed E-state index contributed by atoms with van der Waals surface area (Å²) in [4.78, 5) is 19.2. The molecule has 1 N–H and O–H groups in total. The zero-order valence-corrected chi connectivity index (χ0v) is 14.4. The van der Waals surface area contributed by atoms with Crippen LogP contribution in [0.4, 0.5) is 5.69 Å². The van der Waals surface area contributed by atoms with Crippen molar-refractivity contribution in [3.63, 3.8) is 0 Å². The summed E-state index contributed by atoms with van der Waals surface area (Å²) in [5.74, 6) is 2.28. The molecule has 4 rings (SSSR count). The molecule has 1 amide bonds. The molecule has 0 bridgehead atoms. The van der Waals surface area contributed by atoms with Gasteiger partial charge >= 0.3 is 0 Å². The highest BCUT2D eigenvalue weighted by atomic mass is 16.3. The van der Waals surface area contributed by atoms with Crippen LogP contribution in [0.5, 0.6) is 0 Å². The Hall–Kier alpha value is -2.04. The first kappa shape index (κ1) is 15.5. The third-order valence-corrected chi connectivity index (χ3v) is 5.18. The number of oxazole rings is 1. The van der Waals surface area contributed by atoms with Gasteiger partial charge in [-0.05, 0) is 56.7 Å². The minimum Gasteiger partial charge on any atom is -0.440 e. The third kappa shape index (κ3) is 3.12. The Labute approximate surface area is 142 Å². The highest BCUT2D eigenvalue weighted by Crippen LogP contribution is 2.40. The van der Waals surface area contributed by atoms with Gasteiger partial charge in [0.1, 0.15) is 11.6 Å². The lowest BCUT2D eigenvalue weighted by Gasteiger charge is -2.32. The molecule has 5 heteroatoms. The summed E-state index contributed by atoms with van der Waals surface area (Å²) in [5, 5.41) is 3.32. The lowest BCUT2D eigenvalue weighted by atomic mass is 9.99. The Morgan fingerprint density at radius 1 is 1.29 bits per heavy atom. The molecule has 1 aromatic carbocycles. The zero-order valence-electron chi connectivity index (χ0n) is 14.4. The topological polar surface area (TPSA) is 58.4 Å². The fourth-order valence-electron chi connectivity index (χ4n) is 3.35. The summed E-state index contributed by atoms with van der Waals surface area (Å²) in [6.07, 6.45) is 4.57. The molecule has 128 valence electrons. The first-order valence-corrected chi connectivity index (χ1v) is 9.06. The van der Waals surface area contributed by atoms with Gasteiger partial charge in [-0.2, -0.15) is 0 Å². The van der Waals surface area contributed by atoms with Crippen molar-refractivity contribution >= 4 is 22.7 Å². The predicted octanol–water partition coefficient (Wildman–Crippen LogP) is 3.76. The Bertz CT molecular complexity index is 742. The van der Waals surface area contributed by atoms with E-state index in [1.165, 1.54) is 12.8 Å². The summed E-state index contributed by atoms with van der Waals surface area (Å²) in [7, 11) is 0. The number of benzene rings is 1. The van der Waals surface area contributed by atoms with Gasteiger partial charge in [0.05, 0.1) is 0 Å². The van der Waals surface area contributed by atoms with E-state index in [1.54, 1.807) is 0 Å². The predicted molar refractivity (Wildman–Crippen MR) is 94.0 cm³/mol. The Morgan fingerprint density at radius 3 is 2.75 bits per heavy atom. The summed E-state index contributed by atoms with van der Waals surface area (Å²) >= 11 is 0. The molecule has 1 aliphatic heterocycles. The molecule has 24 heavy (non-hydrogen) atoms. The number of likely N-dealkylation sites (tertiary alicyclic amines) is 1. The van der Waals surface area contributed by atoms with Gasteiger partial charge in [-0.15, -0.1) is 0 Å². The van der Waals surface area contributed by atoms with Crippen LogP contribution in [0.1, 0.15) is 51.3 Å². The molecule has 5 nitrogen and oxygen atoms in total. The number of carbonyl (C=O) groups excluding carboxylic acids is 1. The third-order valence-electron chi connectivity index (χ3n) is 5.18. The van der Waals surface area contributed by atoms with Crippen molar-refractivity contribution < 1.29 is 9.21 Å². The lowest BCUT2D eigenvalue weighted by molar-refractivity contribution is -0.132. The van der Waals surface area contributed by atoms with Gasteiger partial charge in [-0.3, -0.25) is 4.79 Å². The van der Waals surface area contributed by atoms with E-state index in [0.717, 1.165) is 54.5 Å². The first-order chi connectivity index (χ1) is 11.6. The second kappa shape index (κ2) is 6.11. The molecule has 0 spiro atoms. The average Bonchev–Trinajstić information content (AvgIpc) is 3.34. The Kier molecular flexibility index (Phi) is 3.94. The molecule has 0 radical (unpaired) electrons.